The van der Waals surface area contributed by atoms with Crippen LogP contribution in [0.5, 0.6) is 0 Å². The standard InChI is InChI=1S/C11H8FN3O.CH4N2O/c12-8-4-2-1-3-7(8)11(16)9-5-15-10(13)6-14-9;2-3-1-4/h1-6H,(H2,13,15);1H,2H2,(H,3,4). The Morgan fingerprint density at radius 1 is 1.25 bits per heavy atom. The summed E-state index contributed by atoms with van der Waals surface area (Å²) in [5, 5.41) is 0. The molecule has 1 aromatic carbocycles. The van der Waals surface area contributed by atoms with Gasteiger partial charge in [0.25, 0.3) is 0 Å². The van der Waals surface area contributed by atoms with Crippen LogP contribution in [-0.4, -0.2) is 22.2 Å². The molecule has 0 aliphatic heterocycles. The van der Waals surface area contributed by atoms with E-state index < -0.39 is 11.6 Å². The molecule has 0 saturated heterocycles. The fraction of sp³-hybridized carbons (Fsp3) is 0. The van der Waals surface area contributed by atoms with Gasteiger partial charge in [-0.15, -0.1) is 0 Å². The number of nitrogens with one attached hydrogen (secondary N) is 1. The number of ketones is 1. The number of hydrogen-bond acceptors (Lipinski definition) is 6. The molecular formula is C12H12FN5O2. The number of hydrogen-bond donors (Lipinski definition) is 3. The highest BCUT2D eigenvalue weighted by molar-refractivity contribution is 6.07. The monoisotopic (exact) mass is 277 g/mol. The van der Waals surface area contributed by atoms with Gasteiger partial charge in [0, 0.05) is 0 Å². The number of aromatic nitrogens is 2. The third-order valence-corrected chi connectivity index (χ3v) is 2.09. The lowest BCUT2D eigenvalue weighted by Crippen LogP contribution is -2.18. The van der Waals surface area contributed by atoms with Crippen molar-refractivity contribution in [3.63, 3.8) is 0 Å². The molecule has 0 aliphatic rings. The van der Waals surface area contributed by atoms with Crippen LogP contribution >= 0.6 is 0 Å². The maximum absolute atomic E-state index is 13.3. The predicted octanol–water partition coefficient (Wildman–Crippen LogP) is 0.0350. The first kappa shape index (κ1) is 15.2. The van der Waals surface area contributed by atoms with Gasteiger partial charge in [-0.05, 0) is 12.1 Å². The molecule has 1 amide bonds. The summed E-state index contributed by atoms with van der Waals surface area (Å²) in [6, 6.07) is 5.72. The Bertz CT molecular complexity index is 589. The highest BCUT2D eigenvalue weighted by Crippen LogP contribution is 2.11. The Balaban J connectivity index is 0.000000444. The summed E-state index contributed by atoms with van der Waals surface area (Å²) in [5.74, 6) is 3.54. The lowest BCUT2D eigenvalue weighted by atomic mass is 10.1. The second-order valence-electron chi connectivity index (χ2n) is 3.42. The van der Waals surface area contributed by atoms with E-state index in [1.165, 1.54) is 30.6 Å². The molecule has 0 fully saturated rings. The summed E-state index contributed by atoms with van der Waals surface area (Å²) in [7, 11) is 0. The van der Waals surface area contributed by atoms with Gasteiger partial charge >= 0.3 is 0 Å². The SMILES string of the molecule is NNC=O.Nc1cnc(C(=O)c2ccccc2F)cn1. The van der Waals surface area contributed by atoms with E-state index in [2.05, 4.69) is 15.8 Å². The van der Waals surface area contributed by atoms with Crippen LogP contribution in [0.25, 0.3) is 0 Å². The molecule has 8 heteroatoms. The fourth-order valence-electron chi connectivity index (χ4n) is 1.24. The van der Waals surface area contributed by atoms with E-state index in [9.17, 15) is 9.18 Å². The molecule has 0 aliphatic carbocycles. The topological polar surface area (TPSA) is 124 Å². The maximum atomic E-state index is 13.3. The van der Waals surface area contributed by atoms with Crippen molar-refractivity contribution in [1.29, 1.82) is 0 Å². The van der Waals surface area contributed by atoms with Gasteiger partial charge in [0.15, 0.2) is 0 Å². The number of amides is 1. The first-order valence-electron chi connectivity index (χ1n) is 5.36. The number of nitrogens with zero attached hydrogens (tertiary/aromatic N) is 2. The van der Waals surface area contributed by atoms with Crippen LogP contribution in [0.2, 0.25) is 0 Å². The molecule has 0 unspecified atom stereocenters. The number of hydrazine groups is 1. The number of anilines is 1. The minimum atomic E-state index is -0.578. The summed E-state index contributed by atoms with van der Waals surface area (Å²) >= 11 is 0. The molecule has 2 rings (SSSR count). The molecule has 104 valence electrons. The maximum Gasteiger partial charge on any atom is 0.221 e. The molecule has 0 spiro atoms. The van der Waals surface area contributed by atoms with Crippen molar-refractivity contribution in [2.75, 3.05) is 5.73 Å². The van der Waals surface area contributed by atoms with Gasteiger partial charge in [-0.2, -0.15) is 0 Å². The van der Waals surface area contributed by atoms with E-state index in [0.717, 1.165) is 0 Å². The molecule has 0 radical (unpaired) electrons. The molecule has 5 N–H and O–H groups in total. The molecule has 1 aromatic heterocycles. The van der Waals surface area contributed by atoms with Crippen LogP contribution < -0.4 is 17.0 Å². The minimum absolute atomic E-state index is 0.0263. The van der Waals surface area contributed by atoms with E-state index in [0.29, 0.717) is 6.41 Å². The number of benzene rings is 1. The smallest absolute Gasteiger partial charge is 0.221 e. The number of carbonyl (C=O) groups excluding carboxylic acids is 2. The molecule has 0 bridgehead atoms. The summed E-state index contributed by atoms with van der Waals surface area (Å²) in [6.07, 6.45) is 2.89. The van der Waals surface area contributed by atoms with E-state index >= 15 is 0 Å². The fourth-order valence-corrected chi connectivity index (χ4v) is 1.24. The first-order chi connectivity index (χ1) is 9.60. The highest BCUT2D eigenvalue weighted by Gasteiger charge is 2.14. The number of rotatable bonds is 3. The molecule has 2 aromatic rings. The Kier molecular flexibility index (Phi) is 5.73. The van der Waals surface area contributed by atoms with Crippen LogP contribution in [0.1, 0.15) is 16.1 Å². The lowest BCUT2D eigenvalue weighted by molar-refractivity contribution is -0.109. The van der Waals surface area contributed by atoms with Crippen LogP contribution in [0.3, 0.4) is 0 Å². The van der Waals surface area contributed by atoms with Gasteiger partial charge < -0.3 is 5.73 Å². The number of nitrogen functional groups attached to an aromatic ring is 1. The average molecular weight is 277 g/mol. The van der Waals surface area contributed by atoms with Crippen molar-refractivity contribution in [3.05, 3.63) is 53.7 Å². The number of halogens is 1. The predicted molar refractivity (Wildman–Crippen MR) is 69.7 cm³/mol. The van der Waals surface area contributed by atoms with Crippen molar-refractivity contribution < 1.29 is 14.0 Å². The number of nitrogens with two attached hydrogens (primary N) is 2. The highest BCUT2D eigenvalue weighted by atomic mass is 19.1. The van der Waals surface area contributed by atoms with E-state index in [1.54, 1.807) is 11.5 Å². The molecule has 7 nitrogen and oxygen atoms in total. The molecule has 0 atom stereocenters. The Hall–Kier alpha value is -2.87. The van der Waals surface area contributed by atoms with E-state index in [-0.39, 0.29) is 17.1 Å². The second-order valence-corrected chi connectivity index (χ2v) is 3.42. The Labute approximate surface area is 113 Å². The zero-order chi connectivity index (χ0) is 15.0. The molecule has 1 heterocycles. The minimum Gasteiger partial charge on any atom is -0.382 e. The van der Waals surface area contributed by atoms with Gasteiger partial charge in [0.1, 0.15) is 17.3 Å². The quantitative estimate of drug-likeness (QED) is 0.239. The van der Waals surface area contributed by atoms with Crippen molar-refractivity contribution in [2.45, 2.75) is 0 Å². The van der Waals surface area contributed by atoms with Crippen molar-refractivity contribution >= 4 is 18.0 Å². The van der Waals surface area contributed by atoms with Crippen LogP contribution in [0.4, 0.5) is 10.2 Å². The van der Waals surface area contributed by atoms with Gasteiger partial charge in [-0.1, -0.05) is 12.1 Å². The van der Waals surface area contributed by atoms with Crippen molar-refractivity contribution in [1.82, 2.24) is 15.4 Å². The summed E-state index contributed by atoms with van der Waals surface area (Å²) in [4.78, 5) is 28.3. The number of carbonyl (C=O) groups is 2. The zero-order valence-corrected chi connectivity index (χ0v) is 10.3. The normalized spacial score (nSPS) is 9.10. The van der Waals surface area contributed by atoms with Crippen molar-refractivity contribution in [3.8, 4) is 0 Å². The van der Waals surface area contributed by atoms with Crippen LogP contribution in [0.15, 0.2) is 36.7 Å². The lowest BCUT2D eigenvalue weighted by Gasteiger charge is -2.01. The Morgan fingerprint density at radius 3 is 2.40 bits per heavy atom. The molecule has 0 saturated carbocycles. The summed E-state index contributed by atoms with van der Waals surface area (Å²) < 4.78 is 13.3. The molecular weight excluding hydrogens is 265 g/mol. The summed E-state index contributed by atoms with van der Waals surface area (Å²) in [6.45, 7) is 0. The first-order valence-corrected chi connectivity index (χ1v) is 5.36. The van der Waals surface area contributed by atoms with E-state index in [1.807, 2.05) is 0 Å². The van der Waals surface area contributed by atoms with Crippen LogP contribution in [-0.2, 0) is 4.79 Å². The summed E-state index contributed by atoms with van der Waals surface area (Å²) in [5.41, 5.74) is 7.13. The average Bonchev–Trinajstić information content (AvgIpc) is 2.48. The molecule has 20 heavy (non-hydrogen) atoms. The van der Waals surface area contributed by atoms with Crippen molar-refractivity contribution in [2.24, 2.45) is 5.84 Å². The van der Waals surface area contributed by atoms with Crippen LogP contribution in [0, 0.1) is 5.82 Å². The van der Waals surface area contributed by atoms with Gasteiger partial charge in [-0.3, -0.25) is 15.0 Å². The van der Waals surface area contributed by atoms with Gasteiger partial charge in [-0.25, -0.2) is 20.2 Å². The Morgan fingerprint density at radius 2 is 1.90 bits per heavy atom. The third-order valence-electron chi connectivity index (χ3n) is 2.09. The van der Waals surface area contributed by atoms with Gasteiger partial charge in [0.05, 0.1) is 18.0 Å². The largest absolute Gasteiger partial charge is 0.382 e. The third kappa shape index (κ3) is 4.10. The zero-order valence-electron chi connectivity index (χ0n) is 10.3. The van der Waals surface area contributed by atoms with E-state index in [4.69, 9.17) is 10.5 Å². The van der Waals surface area contributed by atoms with Gasteiger partial charge in [0.2, 0.25) is 12.2 Å². The second kappa shape index (κ2) is 7.54.